The molecule has 0 aliphatic carbocycles. The van der Waals surface area contributed by atoms with Gasteiger partial charge >= 0.3 is 12.3 Å². The molecule has 18 heavy (non-hydrogen) atoms. The van der Waals surface area contributed by atoms with Crippen LogP contribution in [0.5, 0.6) is 5.75 Å². The number of carbonyl (C=O) groups excluding carboxylic acids is 1. The first-order chi connectivity index (χ1) is 8.30. The van der Waals surface area contributed by atoms with Gasteiger partial charge < -0.3 is 9.47 Å². The maximum Gasteiger partial charge on any atom is 0.573 e. The zero-order chi connectivity index (χ0) is 13.9. The summed E-state index contributed by atoms with van der Waals surface area (Å²) in [6.07, 6.45) is -4.46. The summed E-state index contributed by atoms with van der Waals surface area (Å²) in [6, 6.07) is 0. The quantitative estimate of drug-likeness (QED) is 0.485. The zero-order valence-corrected chi connectivity index (χ0v) is 10.4. The van der Waals surface area contributed by atoms with Crippen LogP contribution >= 0.6 is 15.9 Å². The van der Waals surface area contributed by atoms with Crippen molar-refractivity contribution in [2.75, 3.05) is 7.11 Å². The van der Waals surface area contributed by atoms with Crippen LogP contribution in [0.4, 0.5) is 17.6 Å². The highest BCUT2D eigenvalue weighted by atomic mass is 79.9. The number of alkyl halides is 4. The van der Waals surface area contributed by atoms with Crippen LogP contribution in [0.2, 0.25) is 0 Å². The number of hydrogen-bond acceptors (Lipinski definition) is 4. The van der Waals surface area contributed by atoms with Crippen molar-refractivity contribution in [3.63, 3.8) is 0 Å². The molecule has 0 amide bonds. The normalized spacial score (nSPS) is 11.2. The van der Waals surface area contributed by atoms with Crippen LogP contribution in [0.15, 0.2) is 6.20 Å². The Hall–Kier alpha value is -1.38. The standard InChI is InChI=1S/C9H6BrF4NO3/c1-17-8(16)6-4(11)3-15-5(2-10)7(6)18-9(12,13)14/h3H,2H2,1H3. The second-order valence-electron chi connectivity index (χ2n) is 2.93. The van der Waals surface area contributed by atoms with Crippen molar-refractivity contribution in [2.24, 2.45) is 0 Å². The number of hydrogen-bond donors (Lipinski definition) is 0. The summed E-state index contributed by atoms with van der Waals surface area (Å²) in [5.41, 5.74) is -1.21. The molecule has 1 rings (SSSR count). The number of ether oxygens (including phenoxy) is 2. The third kappa shape index (κ3) is 3.31. The molecule has 0 saturated heterocycles. The van der Waals surface area contributed by atoms with Gasteiger partial charge in [0.1, 0.15) is 5.56 Å². The smallest absolute Gasteiger partial charge is 0.465 e. The largest absolute Gasteiger partial charge is 0.573 e. The van der Waals surface area contributed by atoms with Gasteiger partial charge in [0.15, 0.2) is 11.6 Å². The lowest BCUT2D eigenvalue weighted by Crippen LogP contribution is -2.21. The number of rotatable bonds is 3. The topological polar surface area (TPSA) is 48.4 Å². The minimum atomic E-state index is -5.07. The summed E-state index contributed by atoms with van der Waals surface area (Å²) in [7, 11) is 0.910. The van der Waals surface area contributed by atoms with E-state index in [9.17, 15) is 22.4 Å². The van der Waals surface area contributed by atoms with Gasteiger partial charge in [-0.3, -0.25) is 4.98 Å². The molecule has 0 bridgehead atoms. The summed E-state index contributed by atoms with van der Waals surface area (Å²) in [4.78, 5) is 14.7. The first-order valence-electron chi connectivity index (χ1n) is 4.37. The van der Waals surface area contributed by atoms with E-state index in [0.717, 1.165) is 7.11 Å². The van der Waals surface area contributed by atoms with Crippen molar-refractivity contribution in [3.8, 4) is 5.75 Å². The zero-order valence-electron chi connectivity index (χ0n) is 8.85. The van der Waals surface area contributed by atoms with Gasteiger partial charge in [0.25, 0.3) is 0 Å². The summed E-state index contributed by atoms with van der Waals surface area (Å²) >= 11 is 2.86. The molecule has 0 fully saturated rings. The summed E-state index contributed by atoms with van der Waals surface area (Å²) in [5.74, 6) is -3.55. The lowest BCUT2D eigenvalue weighted by Gasteiger charge is -2.14. The van der Waals surface area contributed by atoms with Crippen LogP contribution in [-0.4, -0.2) is 24.4 Å². The maximum absolute atomic E-state index is 13.4. The molecule has 1 heterocycles. The van der Waals surface area contributed by atoms with E-state index >= 15 is 0 Å². The summed E-state index contributed by atoms with van der Waals surface area (Å²) in [5, 5.41) is -0.150. The van der Waals surface area contributed by atoms with Crippen molar-refractivity contribution in [1.29, 1.82) is 0 Å². The number of methoxy groups -OCH3 is 1. The molecule has 0 aliphatic heterocycles. The fourth-order valence-electron chi connectivity index (χ4n) is 1.12. The molecule has 4 nitrogen and oxygen atoms in total. The van der Waals surface area contributed by atoms with Crippen molar-refractivity contribution in [2.45, 2.75) is 11.7 Å². The molecule has 1 aromatic rings. The van der Waals surface area contributed by atoms with Crippen LogP contribution in [0.1, 0.15) is 16.1 Å². The molecule has 0 radical (unpaired) electrons. The molecule has 0 spiro atoms. The average Bonchev–Trinajstić information content (AvgIpc) is 2.27. The van der Waals surface area contributed by atoms with Gasteiger partial charge in [0.05, 0.1) is 19.0 Å². The number of aromatic nitrogens is 1. The SMILES string of the molecule is COC(=O)c1c(F)cnc(CBr)c1OC(F)(F)F. The minimum Gasteiger partial charge on any atom is -0.465 e. The van der Waals surface area contributed by atoms with Gasteiger partial charge in [-0.05, 0) is 0 Å². The fraction of sp³-hybridized carbons (Fsp3) is 0.333. The van der Waals surface area contributed by atoms with Gasteiger partial charge in [-0.1, -0.05) is 15.9 Å². The van der Waals surface area contributed by atoms with E-state index in [0.29, 0.717) is 6.20 Å². The second kappa shape index (κ2) is 5.51. The van der Waals surface area contributed by atoms with Crippen molar-refractivity contribution in [3.05, 3.63) is 23.3 Å². The molecule has 1 aromatic heterocycles. The number of nitrogens with zero attached hydrogens (tertiary/aromatic N) is 1. The van der Waals surface area contributed by atoms with Crippen LogP contribution < -0.4 is 4.74 Å². The van der Waals surface area contributed by atoms with Crippen LogP contribution in [0.3, 0.4) is 0 Å². The summed E-state index contributed by atoms with van der Waals surface area (Å²) in [6.45, 7) is 0. The number of esters is 1. The Labute approximate surface area is 107 Å². The van der Waals surface area contributed by atoms with E-state index in [1.165, 1.54) is 0 Å². The van der Waals surface area contributed by atoms with E-state index in [1.54, 1.807) is 0 Å². The Morgan fingerprint density at radius 2 is 2.11 bits per heavy atom. The highest BCUT2D eigenvalue weighted by molar-refractivity contribution is 9.08. The van der Waals surface area contributed by atoms with Crippen LogP contribution in [-0.2, 0) is 10.1 Å². The lowest BCUT2D eigenvalue weighted by molar-refractivity contribution is -0.275. The van der Waals surface area contributed by atoms with Crippen LogP contribution in [0, 0.1) is 5.82 Å². The monoisotopic (exact) mass is 331 g/mol. The first-order valence-corrected chi connectivity index (χ1v) is 5.49. The molecule has 100 valence electrons. The van der Waals surface area contributed by atoms with Crippen LogP contribution in [0.25, 0.3) is 0 Å². The highest BCUT2D eigenvalue weighted by Gasteiger charge is 2.36. The molecule has 0 atom stereocenters. The Bertz CT molecular complexity index is 464. The van der Waals surface area contributed by atoms with E-state index in [4.69, 9.17) is 0 Å². The predicted molar refractivity (Wildman–Crippen MR) is 54.8 cm³/mol. The Morgan fingerprint density at radius 3 is 2.56 bits per heavy atom. The van der Waals surface area contributed by atoms with Crippen molar-refractivity contribution in [1.82, 2.24) is 4.98 Å². The van der Waals surface area contributed by atoms with E-state index in [1.807, 2.05) is 0 Å². The van der Waals surface area contributed by atoms with E-state index in [2.05, 4.69) is 30.4 Å². The lowest BCUT2D eigenvalue weighted by atomic mass is 10.2. The molecule has 9 heteroatoms. The first kappa shape index (κ1) is 14.7. The van der Waals surface area contributed by atoms with Gasteiger partial charge in [0, 0.05) is 5.33 Å². The molecular formula is C9H6BrF4NO3. The molecule has 0 unspecified atom stereocenters. The highest BCUT2D eigenvalue weighted by Crippen LogP contribution is 2.32. The molecular weight excluding hydrogens is 326 g/mol. The van der Waals surface area contributed by atoms with Gasteiger partial charge in [-0.15, -0.1) is 13.2 Å². The molecule has 0 saturated carbocycles. The minimum absolute atomic E-state index is 0.150. The fourth-order valence-corrected chi connectivity index (χ4v) is 1.52. The second-order valence-corrected chi connectivity index (χ2v) is 3.49. The average molecular weight is 332 g/mol. The number of carbonyl (C=O) groups is 1. The van der Waals surface area contributed by atoms with E-state index in [-0.39, 0.29) is 11.0 Å². The predicted octanol–water partition coefficient (Wildman–Crippen LogP) is 2.80. The molecule has 0 aliphatic rings. The van der Waals surface area contributed by atoms with Gasteiger partial charge in [-0.25, -0.2) is 9.18 Å². The van der Waals surface area contributed by atoms with Crippen molar-refractivity contribution >= 4 is 21.9 Å². The Morgan fingerprint density at radius 1 is 1.50 bits per heavy atom. The molecule has 0 N–H and O–H groups in total. The third-order valence-electron chi connectivity index (χ3n) is 1.80. The molecule has 0 aromatic carbocycles. The number of halogens is 5. The Balaban J connectivity index is 3.41. The third-order valence-corrected chi connectivity index (χ3v) is 2.33. The number of pyridine rings is 1. The van der Waals surface area contributed by atoms with Crippen molar-refractivity contribution < 1.29 is 31.8 Å². The van der Waals surface area contributed by atoms with Gasteiger partial charge in [-0.2, -0.15) is 0 Å². The van der Waals surface area contributed by atoms with Gasteiger partial charge in [0.2, 0.25) is 0 Å². The maximum atomic E-state index is 13.4. The summed E-state index contributed by atoms with van der Waals surface area (Å²) < 4.78 is 57.8. The van der Waals surface area contributed by atoms with E-state index < -0.39 is 29.5 Å². The Kier molecular flexibility index (Phi) is 4.49.